The molecule has 6 heteroatoms. The fraction of sp³-hybridized carbons (Fsp3) is 0.600. The van der Waals surface area contributed by atoms with Crippen molar-refractivity contribution in [3.05, 3.63) is 64.2 Å². The van der Waals surface area contributed by atoms with Crippen LogP contribution in [-0.4, -0.2) is 12.7 Å². The topological polar surface area (TPSA) is 18.5 Å². The lowest BCUT2D eigenvalue weighted by Crippen LogP contribution is -2.22. The summed E-state index contributed by atoms with van der Waals surface area (Å²) in [5.74, 6) is -2.71. The average molecular weight is 507 g/mol. The van der Waals surface area contributed by atoms with E-state index in [0.717, 1.165) is 38.5 Å². The molecule has 0 atom stereocenters. The van der Waals surface area contributed by atoms with E-state index in [1.807, 2.05) is 6.92 Å². The fourth-order valence-electron chi connectivity index (χ4n) is 5.65. The molecule has 4 rings (SSSR count). The molecule has 0 unspecified atom stereocenters. The van der Waals surface area contributed by atoms with Gasteiger partial charge in [-0.1, -0.05) is 51.3 Å². The van der Waals surface area contributed by atoms with Gasteiger partial charge in [-0.15, -0.1) is 0 Å². The van der Waals surface area contributed by atoms with E-state index in [0.29, 0.717) is 49.3 Å². The summed E-state index contributed by atoms with van der Waals surface area (Å²) >= 11 is 0. The van der Waals surface area contributed by atoms with Crippen molar-refractivity contribution in [2.24, 2.45) is 5.92 Å². The Labute approximate surface area is 212 Å². The van der Waals surface area contributed by atoms with E-state index in [-0.39, 0.29) is 35.9 Å². The van der Waals surface area contributed by atoms with Gasteiger partial charge < -0.3 is 9.47 Å². The third-order valence-corrected chi connectivity index (χ3v) is 8.07. The first-order valence-electron chi connectivity index (χ1n) is 13.6. The zero-order valence-electron chi connectivity index (χ0n) is 21.4. The van der Waals surface area contributed by atoms with E-state index < -0.39 is 23.3 Å². The first kappa shape index (κ1) is 27.0. The summed E-state index contributed by atoms with van der Waals surface area (Å²) in [4.78, 5) is 0. The molecule has 2 aromatic rings. The van der Waals surface area contributed by atoms with Gasteiger partial charge >= 0.3 is 0 Å². The molecule has 0 amide bonds. The van der Waals surface area contributed by atoms with Crippen molar-refractivity contribution in [1.82, 2.24) is 0 Å². The maximum Gasteiger partial charge on any atom is 0.200 e. The lowest BCUT2D eigenvalue weighted by Gasteiger charge is -2.29. The minimum absolute atomic E-state index is 0.00680. The first-order chi connectivity index (χ1) is 17.4. The van der Waals surface area contributed by atoms with Gasteiger partial charge in [-0.05, 0) is 79.9 Å². The molecular formula is C30H38F4O2. The maximum absolute atomic E-state index is 14.8. The molecule has 0 radical (unpaired) electrons. The van der Waals surface area contributed by atoms with E-state index in [2.05, 4.69) is 6.92 Å². The van der Waals surface area contributed by atoms with E-state index in [1.165, 1.54) is 6.07 Å². The Bertz CT molecular complexity index is 1010. The highest BCUT2D eigenvalue weighted by atomic mass is 19.2. The molecule has 2 aromatic carbocycles. The number of halogens is 4. The molecule has 198 valence electrons. The first-order valence-corrected chi connectivity index (χ1v) is 13.6. The summed E-state index contributed by atoms with van der Waals surface area (Å²) in [6.07, 6.45) is 8.08. The smallest absolute Gasteiger partial charge is 0.200 e. The quantitative estimate of drug-likeness (QED) is 0.250. The summed E-state index contributed by atoms with van der Waals surface area (Å²) in [5, 5.41) is 0. The Hall–Kier alpha value is -2.08. The van der Waals surface area contributed by atoms with Crippen LogP contribution in [0.3, 0.4) is 0 Å². The van der Waals surface area contributed by atoms with Crippen LogP contribution >= 0.6 is 0 Å². The summed E-state index contributed by atoms with van der Waals surface area (Å²) in [7, 11) is 0. The van der Waals surface area contributed by atoms with Crippen molar-refractivity contribution < 1.29 is 27.0 Å². The van der Waals surface area contributed by atoms with Gasteiger partial charge in [0.15, 0.2) is 23.2 Å². The van der Waals surface area contributed by atoms with Crippen LogP contribution in [0.5, 0.6) is 5.75 Å². The number of benzene rings is 2. The molecule has 0 aliphatic heterocycles. The lowest BCUT2D eigenvalue weighted by molar-refractivity contribution is 0.0116. The Kier molecular flexibility index (Phi) is 9.32. The molecule has 0 N–H and O–H groups in total. The van der Waals surface area contributed by atoms with E-state index in [1.54, 1.807) is 18.2 Å². The van der Waals surface area contributed by atoms with Crippen LogP contribution in [0.25, 0.3) is 0 Å². The monoisotopic (exact) mass is 506 g/mol. The third kappa shape index (κ3) is 6.24. The normalized spacial score (nSPS) is 24.6. The number of ether oxygens (including phenoxy) is 2. The SMILES string of the molecule is CCCCOc1ccc(C2CCC(OCc3ccc(C4CCC(C)CC4)c(F)c3F)CC2)c(F)c1F. The van der Waals surface area contributed by atoms with Gasteiger partial charge in [0.25, 0.3) is 0 Å². The highest BCUT2D eigenvalue weighted by Crippen LogP contribution is 2.39. The second-order valence-electron chi connectivity index (χ2n) is 10.7. The van der Waals surface area contributed by atoms with Gasteiger partial charge in [-0.25, -0.2) is 13.2 Å². The Balaban J connectivity index is 1.30. The predicted octanol–water partition coefficient (Wildman–Crippen LogP) is 8.96. The van der Waals surface area contributed by atoms with Crippen molar-refractivity contribution in [3.8, 4) is 5.75 Å². The fourth-order valence-corrected chi connectivity index (χ4v) is 5.65. The number of unbranched alkanes of at least 4 members (excludes halogenated alkanes) is 1. The van der Waals surface area contributed by atoms with Gasteiger partial charge in [-0.3, -0.25) is 0 Å². The molecule has 0 bridgehead atoms. The molecule has 2 saturated carbocycles. The molecular weight excluding hydrogens is 468 g/mol. The standard InChI is InChI=1S/C30H38F4O2/c1-3-4-17-35-26-16-15-25(29(33)30(26)34)21-9-12-23(13-10-21)36-18-22-11-14-24(28(32)27(22)31)20-7-5-19(2)6-8-20/h11,14-16,19-21,23H,3-10,12-13,17-18H2,1-2H3. The Morgan fingerprint density at radius 1 is 0.722 bits per heavy atom. The third-order valence-electron chi connectivity index (χ3n) is 8.07. The van der Waals surface area contributed by atoms with Crippen molar-refractivity contribution in [2.75, 3.05) is 6.61 Å². The minimum atomic E-state index is -0.925. The Morgan fingerprint density at radius 3 is 1.94 bits per heavy atom. The summed E-state index contributed by atoms with van der Waals surface area (Å²) in [6.45, 7) is 4.58. The average Bonchev–Trinajstić information content (AvgIpc) is 2.89. The van der Waals surface area contributed by atoms with Crippen LogP contribution in [0.15, 0.2) is 24.3 Å². The summed E-state index contributed by atoms with van der Waals surface area (Å²) in [6, 6.07) is 6.51. The molecule has 36 heavy (non-hydrogen) atoms. The predicted molar refractivity (Wildman–Crippen MR) is 133 cm³/mol. The van der Waals surface area contributed by atoms with E-state index >= 15 is 0 Å². The molecule has 0 heterocycles. The molecule has 0 saturated heterocycles. The molecule has 2 aliphatic rings. The molecule has 2 fully saturated rings. The van der Waals surface area contributed by atoms with Gasteiger partial charge in [0, 0.05) is 5.56 Å². The van der Waals surface area contributed by atoms with Gasteiger partial charge in [0.1, 0.15) is 0 Å². The second kappa shape index (κ2) is 12.4. The van der Waals surface area contributed by atoms with Crippen LogP contribution < -0.4 is 4.74 Å². The van der Waals surface area contributed by atoms with Gasteiger partial charge in [-0.2, -0.15) is 4.39 Å². The van der Waals surface area contributed by atoms with Gasteiger partial charge in [0.05, 0.1) is 19.3 Å². The van der Waals surface area contributed by atoms with Crippen LogP contribution in [0.1, 0.15) is 107 Å². The van der Waals surface area contributed by atoms with Crippen molar-refractivity contribution in [3.63, 3.8) is 0 Å². The van der Waals surface area contributed by atoms with Crippen LogP contribution in [0.2, 0.25) is 0 Å². The molecule has 0 spiro atoms. The maximum atomic E-state index is 14.8. The number of hydrogen-bond donors (Lipinski definition) is 0. The van der Waals surface area contributed by atoms with Crippen molar-refractivity contribution >= 4 is 0 Å². The number of hydrogen-bond acceptors (Lipinski definition) is 2. The van der Waals surface area contributed by atoms with Crippen molar-refractivity contribution in [2.45, 2.75) is 103 Å². The highest BCUT2D eigenvalue weighted by molar-refractivity contribution is 5.33. The molecule has 0 aromatic heterocycles. The minimum Gasteiger partial charge on any atom is -0.490 e. The second-order valence-corrected chi connectivity index (χ2v) is 10.7. The van der Waals surface area contributed by atoms with Gasteiger partial charge in [0.2, 0.25) is 5.82 Å². The molecule has 2 nitrogen and oxygen atoms in total. The van der Waals surface area contributed by atoms with Crippen molar-refractivity contribution in [1.29, 1.82) is 0 Å². The van der Waals surface area contributed by atoms with Crippen LogP contribution in [0.4, 0.5) is 17.6 Å². The number of rotatable bonds is 9. The Morgan fingerprint density at radius 2 is 1.31 bits per heavy atom. The van der Waals surface area contributed by atoms with E-state index in [4.69, 9.17) is 9.47 Å². The molecule has 2 aliphatic carbocycles. The van der Waals surface area contributed by atoms with Crippen LogP contribution in [-0.2, 0) is 11.3 Å². The zero-order chi connectivity index (χ0) is 25.7. The zero-order valence-corrected chi connectivity index (χ0v) is 21.4. The highest BCUT2D eigenvalue weighted by Gasteiger charge is 2.28. The largest absolute Gasteiger partial charge is 0.490 e. The summed E-state index contributed by atoms with van der Waals surface area (Å²) in [5.41, 5.74) is 1.09. The van der Waals surface area contributed by atoms with Crippen LogP contribution in [0, 0.1) is 29.2 Å². The van der Waals surface area contributed by atoms with E-state index in [9.17, 15) is 17.6 Å². The lowest BCUT2D eigenvalue weighted by atomic mass is 9.79. The summed E-state index contributed by atoms with van der Waals surface area (Å²) < 4.78 is 70.1.